The average molecular weight is 282 g/mol. The van der Waals surface area contributed by atoms with E-state index in [9.17, 15) is 5.11 Å². The number of nitrogens with one attached hydrogen (secondary N) is 1. The largest absolute Gasteiger partial charge is 0.508 e. The Kier molecular flexibility index (Phi) is 3.02. The highest BCUT2D eigenvalue weighted by atomic mass is 16.3. The van der Waals surface area contributed by atoms with E-state index in [-0.39, 0.29) is 0 Å². The quantitative estimate of drug-likeness (QED) is 0.887. The highest BCUT2D eigenvalue weighted by Gasteiger charge is 2.41. The van der Waals surface area contributed by atoms with Crippen LogP contribution < -0.4 is 5.32 Å². The first kappa shape index (κ1) is 12.9. The Morgan fingerprint density at radius 2 is 2.14 bits per heavy atom. The molecule has 4 unspecified atom stereocenters. The first-order valence-electron chi connectivity index (χ1n) is 8.05. The van der Waals surface area contributed by atoms with E-state index in [0.29, 0.717) is 11.8 Å². The number of phenolic OH excluding ortho intramolecular Hbond substituents is 1. The zero-order valence-corrected chi connectivity index (χ0v) is 12.4. The first-order chi connectivity index (χ1) is 10.2. The monoisotopic (exact) mass is 282 g/mol. The zero-order chi connectivity index (χ0) is 14.4. The molecule has 110 valence electrons. The van der Waals surface area contributed by atoms with Crippen LogP contribution in [0.1, 0.15) is 32.6 Å². The summed E-state index contributed by atoms with van der Waals surface area (Å²) < 4.78 is 0. The van der Waals surface area contributed by atoms with Crippen molar-refractivity contribution in [2.24, 2.45) is 17.8 Å². The molecule has 2 saturated carbocycles. The summed E-state index contributed by atoms with van der Waals surface area (Å²) in [5, 5.41) is 15.5. The van der Waals surface area contributed by atoms with E-state index in [4.69, 9.17) is 0 Å². The van der Waals surface area contributed by atoms with Crippen LogP contribution in [0, 0.1) is 17.8 Å². The lowest BCUT2D eigenvalue weighted by Crippen LogP contribution is -2.30. The van der Waals surface area contributed by atoms with Gasteiger partial charge in [-0.25, -0.2) is 4.98 Å². The fourth-order valence-corrected chi connectivity index (χ4v) is 4.50. The summed E-state index contributed by atoms with van der Waals surface area (Å²) in [6.07, 6.45) is 7.49. The molecule has 0 amide bonds. The molecule has 2 bridgehead atoms. The van der Waals surface area contributed by atoms with Crippen molar-refractivity contribution in [1.29, 1.82) is 0 Å². The smallest absolute Gasteiger partial charge is 0.134 e. The lowest BCUT2D eigenvalue weighted by Gasteiger charge is -2.29. The lowest BCUT2D eigenvalue weighted by atomic mass is 9.84. The van der Waals surface area contributed by atoms with E-state index in [0.717, 1.165) is 34.3 Å². The maximum atomic E-state index is 9.73. The van der Waals surface area contributed by atoms with Crippen molar-refractivity contribution in [2.45, 2.75) is 38.6 Å². The van der Waals surface area contributed by atoms with Crippen LogP contribution >= 0.6 is 0 Å². The second-order valence-corrected chi connectivity index (χ2v) is 6.84. The molecule has 0 aliphatic heterocycles. The molecule has 21 heavy (non-hydrogen) atoms. The van der Waals surface area contributed by atoms with Gasteiger partial charge in [0.1, 0.15) is 11.6 Å². The summed E-state index contributed by atoms with van der Waals surface area (Å²) in [7, 11) is 0. The molecule has 2 aromatic rings. The Hall–Kier alpha value is -1.77. The predicted octanol–water partition coefficient (Wildman–Crippen LogP) is 4.18. The van der Waals surface area contributed by atoms with Gasteiger partial charge in [0.25, 0.3) is 0 Å². The standard InChI is InChI=1S/C18H22N2O/c1-11(16-9-12-2-3-14(16)8-12)20-18-17-10-15(21)5-4-13(17)6-7-19-18/h4-7,10-12,14,16,21H,2-3,8-9H2,1H3,(H,19,20). The number of hydrogen-bond donors (Lipinski definition) is 2. The van der Waals surface area contributed by atoms with Gasteiger partial charge in [0.05, 0.1) is 0 Å². The zero-order valence-electron chi connectivity index (χ0n) is 12.4. The number of hydrogen-bond acceptors (Lipinski definition) is 3. The first-order valence-corrected chi connectivity index (χ1v) is 8.05. The molecule has 2 aliphatic rings. The van der Waals surface area contributed by atoms with Gasteiger partial charge in [-0.05, 0) is 67.5 Å². The van der Waals surface area contributed by atoms with Gasteiger partial charge in [0, 0.05) is 17.6 Å². The minimum atomic E-state index is 0.297. The average Bonchev–Trinajstić information content (AvgIpc) is 3.10. The summed E-state index contributed by atoms with van der Waals surface area (Å²) in [6.45, 7) is 2.29. The van der Waals surface area contributed by atoms with Gasteiger partial charge in [-0.15, -0.1) is 0 Å². The molecule has 1 aromatic heterocycles. The van der Waals surface area contributed by atoms with E-state index >= 15 is 0 Å². The molecular formula is C18H22N2O. The van der Waals surface area contributed by atoms with Gasteiger partial charge in [-0.3, -0.25) is 0 Å². The van der Waals surface area contributed by atoms with Crippen molar-refractivity contribution >= 4 is 16.6 Å². The molecule has 0 saturated heterocycles. The Bertz CT molecular complexity index is 669. The van der Waals surface area contributed by atoms with Crippen molar-refractivity contribution in [3.05, 3.63) is 30.5 Å². The van der Waals surface area contributed by atoms with Crippen molar-refractivity contribution in [1.82, 2.24) is 4.98 Å². The minimum Gasteiger partial charge on any atom is -0.508 e. The normalized spacial score (nSPS) is 28.9. The van der Waals surface area contributed by atoms with Gasteiger partial charge in [0.15, 0.2) is 0 Å². The molecule has 0 radical (unpaired) electrons. The topological polar surface area (TPSA) is 45.2 Å². The van der Waals surface area contributed by atoms with E-state index in [1.807, 2.05) is 18.3 Å². The molecule has 3 nitrogen and oxygen atoms in total. The van der Waals surface area contributed by atoms with Gasteiger partial charge in [0.2, 0.25) is 0 Å². The number of fused-ring (bicyclic) bond motifs is 3. The van der Waals surface area contributed by atoms with E-state index < -0.39 is 0 Å². The van der Waals surface area contributed by atoms with Crippen molar-refractivity contribution in [3.8, 4) is 5.75 Å². The van der Waals surface area contributed by atoms with Crippen LogP contribution in [0.3, 0.4) is 0 Å². The van der Waals surface area contributed by atoms with Crippen LogP contribution in [-0.2, 0) is 0 Å². The summed E-state index contributed by atoms with van der Waals surface area (Å²) >= 11 is 0. The minimum absolute atomic E-state index is 0.297. The number of aromatic hydroxyl groups is 1. The maximum Gasteiger partial charge on any atom is 0.134 e. The SMILES string of the molecule is CC(Nc1nccc2ccc(O)cc12)C1CC2CCC1C2. The molecule has 2 fully saturated rings. The third-order valence-corrected chi connectivity index (χ3v) is 5.55. The van der Waals surface area contributed by atoms with Crippen molar-refractivity contribution < 1.29 is 5.11 Å². The van der Waals surface area contributed by atoms with Gasteiger partial charge in [-0.2, -0.15) is 0 Å². The predicted molar refractivity (Wildman–Crippen MR) is 85.4 cm³/mol. The van der Waals surface area contributed by atoms with E-state index in [1.54, 1.807) is 12.1 Å². The summed E-state index contributed by atoms with van der Waals surface area (Å²) in [5.41, 5.74) is 0. The number of anilines is 1. The Morgan fingerprint density at radius 1 is 1.24 bits per heavy atom. The van der Waals surface area contributed by atoms with Gasteiger partial charge in [-0.1, -0.05) is 12.5 Å². The van der Waals surface area contributed by atoms with E-state index in [2.05, 4.69) is 17.2 Å². The molecule has 4 rings (SSSR count). The number of benzene rings is 1. The lowest BCUT2D eigenvalue weighted by molar-refractivity contribution is 0.304. The Morgan fingerprint density at radius 3 is 2.90 bits per heavy atom. The fourth-order valence-electron chi connectivity index (χ4n) is 4.50. The number of phenols is 1. The molecule has 3 heteroatoms. The summed E-state index contributed by atoms with van der Waals surface area (Å²) in [4.78, 5) is 4.50. The van der Waals surface area contributed by atoms with Crippen LogP contribution in [0.5, 0.6) is 5.75 Å². The van der Waals surface area contributed by atoms with Gasteiger partial charge < -0.3 is 10.4 Å². The summed E-state index contributed by atoms with van der Waals surface area (Å²) in [5.74, 6) is 3.84. The molecule has 1 aromatic carbocycles. The number of rotatable bonds is 3. The second-order valence-electron chi connectivity index (χ2n) is 6.84. The second kappa shape index (κ2) is 4.90. The Labute approximate surface area is 125 Å². The molecular weight excluding hydrogens is 260 g/mol. The number of aromatic nitrogens is 1. The van der Waals surface area contributed by atoms with Crippen LogP contribution in [0.25, 0.3) is 10.8 Å². The fraction of sp³-hybridized carbons (Fsp3) is 0.500. The maximum absolute atomic E-state index is 9.73. The molecule has 1 heterocycles. The third-order valence-electron chi connectivity index (χ3n) is 5.55. The summed E-state index contributed by atoms with van der Waals surface area (Å²) in [6, 6.07) is 7.91. The third kappa shape index (κ3) is 2.25. The van der Waals surface area contributed by atoms with Crippen molar-refractivity contribution in [2.75, 3.05) is 5.32 Å². The number of nitrogens with zero attached hydrogens (tertiary/aromatic N) is 1. The molecule has 2 N–H and O–H groups in total. The Balaban J connectivity index is 1.60. The van der Waals surface area contributed by atoms with Crippen molar-refractivity contribution in [3.63, 3.8) is 0 Å². The van der Waals surface area contributed by atoms with Gasteiger partial charge >= 0.3 is 0 Å². The highest BCUT2D eigenvalue weighted by molar-refractivity contribution is 5.92. The number of pyridine rings is 1. The van der Waals surface area contributed by atoms with Crippen LogP contribution in [0.4, 0.5) is 5.82 Å². The highest BCUT2D eigenvalue weighted by Crippen LogP contribution is 2.49. The van der Waals surface area contributed by atoms with Crippen LogP contribution in [0.15, 0.2) is 30.5 Å². The molecule has 2 aliphatic carbocycles. The van der Waals surface area contributed by atoms with Crippen LogP contribution in [-0.4, -0.2) is 16.1 Å². The molecule has 0 spiro atoms. The molecule has 4 atom stereocenters. The van der Waals surface area contributed by atoms with Crippen LogP contribution in [0.2, 0.25) is 0 Å². The van der Waals surface area contributed by atoms with E-state index in [1.165, 1.54) is 25.7 Å².